The number of pyridine rings is 1. The van der Waals surface area contributed by atoms with Gasteiger partial charge in [0.1, 0.15) is 11.6 Å². The zero-order chi connectivity index (χ0) is 20.1. The number of aromatic nitrogens is 1. The molecule has 1 amide bonds. The SMILES string of the molecule is C=C1c2cccnc2CN1Cc1c(F)cc(-c2ccc3c(c2)CC(=O)N3)cc1F. The van der Waals surface area contributed by atoms with Crippen molar-refractivity contribution < 1.29 is 13.6 Å². The number of rotatable bonds is 3. The van der Waals surface area contributed by atoms with Crippen LogP contribution in [0.4, 0.5) is 14.5 Å². The molecule has 1 N–H and O–H groups in total. The van der Waals surface area contributed by atoms with Crippen molar-refractivity contribution in [3.8, 4) is 11.1 Å². The van der Waals surface area contributed by atoms with Gasteiger partial charge in [-0.2, -0.15) is 0 Å². The summed E-state index contributed by atoms with van der Waals surface area (Å²) in [6, 6.07) is 11.7. The third-order valence-corrected chi connectivity index (χ3v) is 5.48. The van der Waals surface area contributed by atoms with Crippen molar-refractivity contribution in [2.45, 2.75) is 19.5 Å². The number of nitrogens with zero attached hydrogens (tertiary/aromatic N) is 2. The van der Waals surface area contributed by atoms with Crippen LogP contribution in [0.5, 0.6) is 0 Å². The van der Waals surface area contributed by atoms with Crippen LogP contribution in [0.1, 0.15) is 22.4 Å². The number of fused-ring (bicyclic) bond motifs is 2. The Balaban J connectivity index is 1.43. The van der Waals surface area contributed by atoms with Gasteiger partial charge in [0.05, 0.1) is 18.7 Å². The Morgan fingerprint density at radius 2 is 1.90 bits per heavy atom. The molecule has 1 aromatic heterocycles. The molecular weight excluding hydrogens is 372 g/mol. The zero-order valence-electron chi connectivity index (χ0n) is 15.5. The topological polar surface area (TPSA) is 45.2 Å². The number of carbonyl (C=O) groups excluding carboxylic acids is 1. The molecule has 0 unspecified atom stereocenters. The Morgan fingerprint density at radius 1 is 1.10 bits per heavy atom. The van der Waals surface area contributed by atoms with Gasteiger partial charge in [0.25, 0.3) is 0 Å². The summed E-state index contributed by atoms with van der Waals surface area (Å²) in [5.41, 5.74) is 5.17. The van der Waals surface area contributed by atoms with Crippen LogP contribution in [0.25, 0.3) is 16.8 Å². The van der Waals surface area contributed by atoms with E-state index in [4.69, 9.17) is 0 Å². The van der Waals surface area contributed by atoms with Gasteiger partial charge in [-0.05, 0) is 53.1 Å². The van der Waals surface area contributed by atoms with Crippen LogP contribution in [0.2, 0.25) is 0 Å². The van der Waals surface area contributed by atoms with E-state index in [1.807, 2.05) is 17.0 Å². The molecule has 0 radical (unpaired) electrons. The van der Waals surface area contributed by atoms with Crippen LogP contribution in [-0.4, -0.2) is 15.8 Å². The molecule has 2 aliphatic heterocycles. The second-order valence-corrected chi connectivity index (χ2v) is 7.32. The number of hydrogen-bond donors (Lipinski definition) is 1. The van der Waals surface area contributed by atoms with Crippen molar-refractivity contribution in [2.24, 2.45) is 0 Å². The first-order valence-corrected chi connectivity index (χ1v) is 9.29. The molecule has 0 aliphatic carbocycles. The third kappa shape index (κ3) is 2.97. The lowest BCUT2D eigenvalue weighted by molar-refractivity contribution is -0.115. The fourth-order valence-electron chi connectivity index (χ4n) is 3.95. The van der Waals surface area contributed by atoms with E-state index >= 15 is 0 Å². The van der Waals surface area contributed by atoms with Gasteiger partial charge in [-0.25, -0.2) is 8.78 Å². The number of amides is 1. The molecule has 3 heterocycles. The standard InChI is InChI=1S/C23H17F2N3O/c1-13-17-3-2-6-26-22(17)12-28(13)11-18-19(24)8-15(9-20(18)25)14-4-5-21-16(7-14)10-23(29)27-21/h2-9H,1,10-12H2,(H,27,29). The maximum atomic E-state index is 14.9. The first-order valence-electron chi connectivity index (χ1n) is 9.29. The minimum Gasteiger partial charge on any atom is -0.361 e. The highest BCUT2D eigenvalue weighted by Crippen LogP contribution is 2.34. The van der Waals surface area contributed by atoms with Gasteiger partial charge < -0.3 is 10.2 Å². The molecular formula is C23H17F2N3O. The Bertz CT molecular complexity index is 1170. The first kappa shape index (κ1) is 17.6. The zero-order valence-corrected chi connectivity index (χ0v) is 15.5. The number of hydrogen-bond acceptors (Lipinski definition) is 3. The predicted octanol–water partition coefficient (Wildman–Crippen LogP) is 4.51. The van der Waals surface area contributed by atoms with E-state index in [0.29, 0.717) is 23.4 Å². The van der Waals surface area contributed by atoms with E-state index in [0.717, 1.165) is 22.5 Å². The minimum atomic E-state index is -0.605. The molecule has 0 spiro atoms. The molecule has 144 valence electrons. The average molecular weight is 389 g/mol. The van der Waals surface area contributed by atoms with Gasteiger partial charge in [-0.3, -0.25) is 9.78 Å². The highest BCUT2D eigenvalue weighted by molar-refractivity contribution is 5.99. The molecule has 3 aromatic rings. The number of nitrogens with one attached hydrogen (secondary N) is 1. The monoisotopic (exact) mass is 389 g/mol. The lowest BCUT2D eigenvalue weighted by Gasteiger charge is -2.20. The molecule has 29 heavy (non-hydrogen) atoms. The summed E-state index contributed by atoms with van der Waals surface area (Å²) in [6.07, 6.45) is 1.98. The summed E-state index contributed by atoms with van der Waals surface area (Å²) in [7, 11) is 0. The molecule has 0 bridgehead atoms. The Morgan fingerprint density at radius 3 is 2.66 bits per heavy atom. The second-order valence-electron chi connectivity index (χ2n) is 7.32. The summed E-state index contributed by atoms with van der Waals surface area (Å²) in [5, 5.41) is 2.75. The molecule has 5 rings (SSSR count). The van der Waals surface area contributed by atoms with E-state index in [9.17, 15) is 13.6 Å². The largest absolute Gasteiger partial charge is 0.361 e. The van der Waals surface area contributed by atoms with Crippen LogP contribution in [0, 0.1) is 11.6 Å². The lowest BCUT2D eigenvalue weighted by atomic mass is 9.99. The minimum absolute atomic E-state index is 0.000658. The highest BCUT2D eigenvalue weighted by Gasteiger charge is 2.25. The van der Waals surface area contributed by atoms with Crippen molar-refractivity contribution in [3.63, 3.8) is 0 Å². The highest BCUT2D eigenvalue weighted by atomic mass is 19.1. The van der Waals surface area contributed by atoms with Crippen molar-refractivity contribution in [3.05, 3.63) is 89.3 Å². The summed E-state index contributed by atoms with van der Waals surface area (Å²) >= 11 is 0. The van der Waals surface area contributed by atoms with Gasteiger partial charge in [0.2, 0.25) is 5.91 Å². The van der Waals surface area contributed by atoms with Gasteiger partial charge >= 0.3 is 0 Å². The molecule has 2 aliphatic rings. The van der Waals surface area contributed by atoms with Gasteiger partial charge in [-0.1, -0.05) is 12.6 Å². The molecule has 0 saturated carbocycles. The van der Waals surface area contributed by atoms with Crippen LogP contribution in [0.15, 0.2) is 55.2 Å². The smallest absolute Gasteiger partial charge is 0.228 e. The molecule has 4 nitrogen and oxygen atoms in total. The first-order chi connectivity index (χ1) is 14.0. The maximum Gasteiger partial charge on any atom is 0.228 e. The van der Waals surface area contributed by atoms with Gasteiger partial charge in [0.15, 0.2) is 0 Å². The fraction of sp³-hybridized carbons (Fsp3) is 0.130. The Kier molecular flexibility index (Phi) is 3.94. The normalized spacial score (nSPS) is 14.8. The molecule has 6 heteroatoms. The van der Waals surface area contributed by atoms with Crippen molar-refractivity contribution in [2.75, 3.05) is 5.32 Å². The summed E-state index contributed by atoms with van der Waals surface area (Å²) in [4.78, 5) is 17.7. The summed E-state index contributed by atoms with van der Waals surface area (Å²) < 4.78 is 29.7. The van der Waals surface area contributed by atoms with E-state index in [1.165, 1.54) is 12.1 Å². The number of halogens is 2. The van der Waals surface area contributed by atoms with Crippen LogP contribution in [-0.2, 0) is 24.3 Å². The molecule has 0 fully saturated rings. The van der Waals surface area contributed by atoms with Crippen molar-refractivity contribution in [1.29, 1.82) is 0 Å². The van der Waals surface area contributed by atoms with E-state index in [1.54, 1.807) is 24.4 Å². The molecule has 2 aromatic carbocycles. The third-order valence-electron chi connectivity index (χ3n) is 5.48. The summed E-state index contributed by atoms with van der Waals surface area (Å²) in [6.45, 7) is 4.60. The number of carbonyl (C=O) groups is 1. The Hall–Kier alpha value is -3.54. The Labute approximate surface area is 166 Å². The van der Waals surface area contributed by atoms with Crippen LogP contribution in [0.3, 0.4) is 0 Å². The van der Waals surface area contributed by atoms with Gasteiger partial charge in [0, 0.05) is 35.3 Å². The van der Waals surface area contributed by atoms with E-state index in [-0.39, 0.29) is 24.4 Å². The number of benzene rings is 2. The van der Waals surface area contributed by atoms with Crippen LogP contribution >= 0.6 is 0 Å². The lowest BCUT2D eigenvalue weighted by Crippen LogP contribution is -2.17. The maximum absolute atomic E-state index is 14.9. The van der Waals surface area contributed by atoms with E-state index < -0.39 is 11.6 Å². The quantitative estimate of drug-likeness (QED) is 0.717. The van der Waals surface area contributed by atoms with E-state index in [2.05, 4.69) is 16.9 Å². The second kappa shape index (κ2) is 6.51. The molecule has 0 saturated heterocycles. The van der Waals surface area contributed by atoms with Gasteiger partial charge in [-0.15, -0.1) is 0 Å². The van der Waals surface area contributed by atoms with Crippen molar-refractivity contribution in [1.82, 2.24) is 9.88 Å². The molecule has 0 atom stereocenters. The number of anilines is 1. The van der Waals surface area contributed by atoms with Crippen molar-refractivity contribution >= 4 is 17.3 Å². The summed E-state index contributed by atoms with van der Waals surface area (Å²) in [5.74, 6) is -1.29. The predicted molar refractivity (Wildman–Crippen MR) is 107 cm³/mol. The fourth-order valence-corrected chi connectivity index (χ4v) is 3.95. The van der Waals surface area contributed by atoms with Crippen LogP contribution < -0.4 is 5.32 Å². The average Bonchev–Trinajstić information content (AvgIpc) is 3.23.